The van der Waals surface area contributed by atoms with Crippen molar-refractivity contribution < 1.29 is 0 Å². The molecule has 0 saturated heterocycles. The van der Waals surface area contributed by atoms with Crippen molar-refractivity contribution in [1.29, 1.82) is 0 Å². The van der Waals surface area contributed by atoms with E-state index in [1.807, 2.05) is 12.1 Å². The van der Waals surface area contributed by atoms with Gasteiger partial charge in [-0.05, 0) is 18.2 Å². The van der Waals surface area contributed by atoms with Crippen molar-refractivity contribution in [3.05, 3.63) is 42.5 Å². The molecule has 2 N–H and O–H groups in total. The van der Waals surface area contributed by atoms with E-state index in [1.165, 1.54) is 0 Å². The smallest absolute Gasteiger partial charge is 0.257 e. The molecule has 3 rings (SSSR count). The molecule has 3 aromatic rings. The first-order chi connectivity index (χ1) is 10.3. The minimum Gasteiger partial charge on any atom is -0.357 e. The van der Waals surface area contributed by atoms with Gasteiger partial charge >= 0.3 is 0 Å². The molecular formula is C12H13N9. The van der Waals surface area contributed by atoms with Crippen LogP contribution in [0.15, 0.2) is 36.8 Å². The Bertz CT molecular complexity index is 696. The molecule has 3 heterocycles. The first-order valence-electron chi connectivity index (χ1n) is 6.29. The maximum absolute atomic E-state index is 4.32. The maximum Gasteiger partial charge on any atom is 0.257 e. The fourth-order valence-electron chi connectivity index (χ4n) is 1.64. The van der Waals surface area contributed by atoms with Crippen molar-refractivity contribution in [3.63, 3.8) is 0 Å². The number of hydrogen-bond acceptors (Lipinski definition) is 8. The Morgan fingerprint density at radius 1 is 1.10 bits per heavy atom. The van der Waals surface area contributed by atoms with Crippen molar-refractivity contribution >= 4 is 11.9 Å². The standard InChI is InChI=1S/C12H13N9/c1-13-10-17-11(14-8-9-4-2-5-15-20-9)19-12(18-10)21-7-3-6-16-21/h2-7H,8H2,1H3,(H2,13,14,17,18,19). The number of nitrogens with one attached hydrogen (secondary N) is 2. The topological polar surface area (TPSA) is 106 Å². The third kappa shape index (κ3) is 3.08. The molecule has 9 heteroatoms. The van der Waals surface area contributed by atoms with Crippen LogP contribution in [0.1, 0.15) is 5.69 Å². The Morgan fingerprint density at radius 2 is 2.00 bits per heavy atom. The molecule has 0 radical (unpaired) electrons. The number of hydrogen-bond donors (Lipinski definition) is 2. The van der Waals surface area contributed by atoms with Gasteiger partial charge in [-0.25, -0.2) is 4.68 Å². The lowest BCUT2D eigenvalue weighted by atomic mass is 10.4. The second kappa shape index (κ2) is 5.90. The van der Waals surface area contributed by atoms with Gasteiger partial charge in [0.25, 0.3) is 5.95 Å². The molecule has 21 heavy (non-hydrogen) atoms. The minimum absolute atomic E-state index is 0.431. The molecule has 0 unspecified atom stereocenters. The summed E-state index contributed by atoms with van der Waals surface area (Å²) in [5, 5.41) is 17.9. The second-order valence-corrected chi connectivity index (χ2v) is 4.05. The SMILES string of the molecule is CNc1nc(NCc2cccnn2)nc(-n2cccn2)n1. The molecule has 0 amide bonds. The van der Waals surface area contributed by atoms with Crippen molar-refractivity contribution in [3.8, 4) is 5.95 Å². The van der Waals surface area contributed by atoms with Gasteiger partial charge in [-0.2, -0.15) is 30.2 Å². The molecule has 106 valence electrons. The zero-order valence-corrected chi connectivity index (χ0v) is 11.3. The Balaban J connectivity index is 1.83. The average Bonchev–Trinajstić information content (AvgIpc) is 3.08. The number of rotatable bonds is 5. The van der Waals surface area contributed by atoms with Crippen LogP contribution in [0.25, 0.3) is 5.95 Å². The third-order valence-corrected chi connectivity index (χ3v) is 2.61. The van der Waals surface area contributed by atoms with Gasteiger partial charge < -0.3 is 10.6 Å². The summed E-state index contributed by atoms with van der Waals surface area (Å²) in [7, 11) is 1.74. The van der Waals surface area contributed by atoms with Crippen LogP contribution in [0.5, 0.6) is 0 Å². The molecular weight excluding hydrogens is 270 g/mol. The highest BCUT2D eigenvalue weighted by Crippen LogP contribution is 2.09. The average molecular weight is 283 g/mol. The first-order valence-corrected chi connectivity index (χ1v) is 6.29. The lowest BCUT2D eigenvalue weighted by Crippen LogP contribution is -2.12. The lowest BCUT2D eigenvalue weighted by molar-refractivity contribution is 0.795. The van der Waals surface area contributed by atoms with Crippen molar-refractivity contribution in [1.82, 2.24) is 34.9 Å². The van der Waals surface area contributed by atoms with Crippen LogP contribution in [0.4, 0.5) is 11.9 Å². The van der Waals surface area contributed by atoms with Crippen molar-refractivity contribution in [2.24, 2.45) is 0 Å². The van der Waals surface area contributed by atoms with E-state index in [0.717, 1.165) is 5.69 Å². The van der Waals surface area contributed by atoms with Gasteiger partial charge in [-0.3, -0.25) is 0 Å². The van der Waals surface area contributed by atoms with Crippen LogP contribution in [0, 0.1) is 0 Å². The molecule has 3 aromatic heterocycles. The summed E-state index contributed by atoms with van der Waals surface area (Å²) in [5.74, 6) is 1.32. The fourth-order valence-corrected chi connectivity index (χ4v) is 1.64. The number of aromatic nitrogens is 7. The van der Waals surface area contributed by atoms with E-state index in [4.69, 9.17) is 0 Å². The molecule has 0 saturated carbocycles. The zero-order valence-electron chi connectivity index (χ0n) is 11.3. The Labute approximate surface area is 120 Å². The predicted molar refractivity (Wildman–Crippen MR) is 75.9 cm³/mol. The van der Waals surface area contributed by atoms with E-state index >= 15 is 0 Å². The van der Waals surface area contributed by atoms with Gasteiger partial charge in [-0.1, -0.05) is 0 Å². The van der Waals surface area contributed by atoms with Crippen LogP contribution in [0.3, 0.4) is 0 Å². The summed E-state index contributed by atoms with van der Waals surface area (Å²) in [5.41, 5.74) is 0.796. The van der Waals surface area contributed by atoms with E-state index in [1.54, 1.807) is 36.4 Å². The molecule has 9 nitrogen and oxygen atoms in total. The van der Waals surface area contributed by atoms with Crippen LogP contribution < -0.4 is 10.6 Å². The highest BCUT2D eigenvalue weighted by molar-refractivity contribution is 5.37. The largest absolute Gasteiger partial charge is 0.357 e. The predicted octanol–water partition coefficient (Wildman–Crippen LogP) is 0.501. The van der Waals surface area contributed by atoms with E-state index in [2.05, 4.69) is 40.9 Å². The molecule has 0 aliphatic heterocycles. The minimum atomic E-state index is 0.431. The first kappa shape index (κ1) is 12.9. The lowest BCUT2D eigenvalue weighted by Gasteiger charge is -2.08. The van der Waals surface area contributed by atoms with Gasteiger partial charge in [-0.15, -0.1) is 0 Å². The van der Waals surface area contributed by atoms with Crippen LogP contribution in [-0.4, -0.2) is 42.0 Å². The van der Waals surface area contributed by atoms with E-state index in [0.29, 0.717) is 24.4 Å². The Kier molecular flexibility index (Phi) is 3.63. The van der Waals surface area contributed by atoms with Crippen LogP contribution in [-0.2, 0) is 6.54 Å². The van der Waals surface area contributed by atoms with Gasteiger partial charge in [0.1, 0.15) is 0 Å². The van der Waals surface area contributed by atoms with Gasteiger partial charge in [0.2, 0.25) is 11.9 Å². The molecule has 0 aromatic carbocycles. The van der Waals surface area contributed by atoms with Gasteiger partial charge in [0.15, 0.2) is 0 Å². The summed E-state index contributed by atoms with van der Waals surface area (Å²) in [6.07, 6.45) is 5.05. The monoisotopic (exact) mass is 283 g/mol. The van der Waals surface area contributed by atoms with E-state index < -0.39 is 0 Å². The Morgan fingerprint density at radius 3 is 2.71 bits per heavy atom. The molecule has 0 aliphatic carbocycles. The van der Waals surface area contributed by atoms with Gasteiger partial charge in [0, 0.05) is 25.6 Å². The van der Waals surface area contributed by atoms with E-state index in [9.17, 15) is 0 Å². The van der Waals surface area contributed by atoms with Crippen LogP contribution in [0.2, 0.25) is 0 Å². The molecule has 0 aliphatic rings. The quantitative estimate of drug-likeness (QED) is 0.697. The molecule has 0 bridgehead atoms. The summed E-state index contributed by atoms with van der Waals surface area (Å²) in [4.78, 5) is 12.8. The van der Waals surface area contributed by atoms with Crippen LogP contribution >= 0.6 is 0 Å². The summed E-state index contributed by atoms with van der Waals surface area (Å²) in [6.45, 7) is 0.472. The highest BCUT2D eigenvalue weighted by Gasteiger charge is 2.07. The third-order valence-electron chi connectivity index (χ3n) is 2.61. The summed E-state index contributed by atoms with van der Waals surface area (Å²) < 4.78 is 1.57. The van der Waals surface area contributed by atoms with Crippen molar-refractivity contribution in [2.75, 3.05) is 17.7 Å². The molecule has 0 spiro atoms. The summed E-state index contributed by atoms with van der Waals surface area (Å²) in [6, 6.07) is 5.50. The summed E-state index contributed by atoms with van der Waals surface area (Å²) >= 11 is 0. The molecule has 0 atom stereocenters. The van der Waals surface area contributed by atoms with Gasteiger partial charge in [0.05, 0.1) is 12.2 Å². The number of nitrogens with zero attached hydrogens (tertiary/aromatic N) is 7. The second-order valence-electron chi connectivity index (χ2n) is 4.05. The number of anilines is 2. The Hall–Kier alpha value is -3.10. The maximum atomic E-state index is 4.32. The van der Waals surface area contributed by atoms with Crippen molar-refractivity contribution in [2.45, 2.75) is 6.54 Å². The normalized spacial score (nSPS) is 10.3. The molecule has 0 fully saturated rings. The zero-order chi connectivity index (χ0) is 14.5. The van der Waals surface area contributed by atoms with E-state index in [-0.39, 0.29) is 0 Å². The highest BCUT2D eigenvalue weighted by atomic mass is 15.4. The fraction of sp³-hybridized carbons (Fsp3) is 0.167.